The van der Waals surface area contributed by atoms with Crippen LogP contribution in [0.15, 0.2) is 103 Å². The van der Waals surface area contributed by atoms with Gasteiger partial charge in [-0.2, -0.15) is 66.8 Å². The van der Waals surface area contributed by atoms with Crippen molar-refractivity contribution in [1.82, 2.24) is 0 Å². The van der Waals surface area contributed by atoms with Gasteiger partial charge in [0.1, 0.15) is 0 Å². The Labute approximate surface area is 167 Å². The van der Waals surface area contributed by atoms with Crippen molar-refractivity contribution in [2.75, 3.05) is 0 Å². The molecule has 0 aliphatic heterocycles. The Bertz CT molecular complexity index is 724. The van der Waals surface area contributed by atoms with Crippen LogP contribution >= 0.6 is 9.30 Å². The van der Waals surface area contributed by atoms with E-state index in [1.54, 1.807) is 0 Å². The standard InChI is InChI=1S/C9H7.2C7H7.ClH.Ti/c1-2-5-9-7-3-6-8(9)4-1;2*1-7-5-3-2-4-6-7;;/h1-7H;2*2-6H,1H2;1H;/q3*-1;;+4/p-1. The van der Waals surface area contributed by atoms with Crippen LogP contribution in [-0.2, 0) is 19.4 Å². The summed E-state index contributed by atoms with van der Waals surface area (Å²) in [7, 11) is 4.64. The smallest absolute Gasteiger partial charge is 0.0809 e. The van der Waals surface area contributed by atoms with Crippen molar-refractivity contribution >= 4 is 20.1 Å². The first-order valence-electron chi connectivity index (χ1n) is 7.79. The van der Waals surface area contributed by atoms with E-state index < -0.39 is 0 Å². The molecular weight excluding hydrogens is 360 g/mol. The van der Waals surface area contributed by atoms with Crippen molar-refractivity contribution in [3.8, 4) is 0 Å². The summed E-state index contributed by atoms with van der Waals surface area (Å²) in [6.45, 7) is 7.44. The topological polar surface area (TPSA) is 0 Å². The van der Waals surface area contributed by atoms with Gasteiger partial charge in [0, 0.05) is 0 Å². The number of halogens is 1. The maximum Gasteiger partial charge on any atom is -0.0809 e. The molecule has 4 aromatic carbocycles. The van der Waals surface area contributed by atoms with Gasteiger partial charge in [0.2, 0.25) is 0 Å². The average Bonchev–Trinajstić information content (AvgIpc) is 3.15. The molecule has 0 aliphatic rings. The number of benzene rings is 3. The second kappa shape index (κ2) is 13.3. The van der Waals surface area contributed by atoms with E-state index in [2.05, 4.69) is 65.6 Å². The second-order valence-electron chi connectivity index (χ2n) is 5.13. The Morgan fingerprint density at radius 1 is 0.600 bits per heavy atom. The zero-order valence-electron chi connectivity index (χ0n) is 14.1. The molecule has 2 heteroatoms. The van der Waals surface area contributed by atoms with Crippen LogP contribution in [0.2, 0.25) is 0 Å². The van der Waals surface area contributed by atoms with Crippen molar-refractivity contribution in [3.63, 3.8) is 0 Å². The van der Waals surface area contributed by atoms with Crippen molar-refractivity contribution in [2.45, 2.75) is 0 Å². The molecular formula is C23H21ClTi. The van der Waals surface area contributed by atoms with E-state index in [-0.39, 0.29) is 0 Å². The summed E-state index contributed by atoms with van der Waals surface area (Å²) in [5.74, 6) is 0. The monoisotopic (exact) mass is 380 g/mol. The normalized spacial score (nSPS) is 8.76. The first kappa shape index (κ1) is 21.1. The van der Waals surface area contributed by atoms with E-state index in [1.807, 2.05) is 60.7 Å². The van der Waals surface area contributed by atoms with E-state index in [1.165, 1.54) is 30.1 Å². The summed E-state index contributed by atoms with van der Waals surface area (Å²) in [4.78, 5) is 0. The molecule has 0 amide bonds. The molecule has 4 rings (SSSR count). The number of hydrogen-bond donors (Lipinski definition) is 0. The Hall–Kier alpha value is -1.99. The van der Waals surface area contributed by atoms with Crippen LogP contribution in [0.1, 0.15) is 11.1 Å². The fraction of sp³-hybridized carbons (Fsp3) is 0. The molecule has 0 unspecified atom stereocenters. The van der Waals surface area contributed by atoms with Gasteiger partial charge in [0.15, 0.2) is 0 Å². The molecule has 4 aromatic rings. The molecule has 0 fully saturated rings. The van der Waals surface area contributed by atoms with E-state index in [0.717, 1.165) is 11.1 Å². The second-order valence-corrected chi connectivity index (χ2v) is 5.13. The summed E-state index contributed by atoms with van der Waals surface area (Å²) in [6, 6.07) is 34.4. The third-order valence-electron chi connectivity index (χ3n) is 3.23. The largest absolute Gasteiger partial charge is 0.168 e. The van der Waals surface area contributed by atoms with Gasteiger partial charge in [-0.05, 0) is 0 Å². The zero-order chi connectivity index (χ0) is 18.3. The molecule has 0 saturated heterocycles. The van der Waals surface area contributed by atoms with E-state index >= 15 is 0 Å². The molecule has 0 atom stereocenters. The Balaban J connectivity index is 0.000000181. The molecule has 0 nitrogen and oxygen atoms in total. The predicted octanol–water partition coefficient (Wildman–Crippen LogP) is 6.98. The molecule has 0 saturated carbocycles. The molecule has 0 spiro atoms. The summed E-state index contributed by atoms with van der Waals surface area (Å²) >= 11 is 1.47. The maximum absolute atomic E-state index is 4.64. The first-order valence-corrected chi connectivity index (χ1v) is 9.94. The predicted molar refractivity (Wildman–Crippen MR) is 107 cm³/mol. The van der Waals surface area contributed by atoms with Crippen molar-refractivity contribution in [2.24, 2.45) is 0 Å². The zero-order valence-corrected chi connectivity index (χ0v) is 16.4. The first-order chi connectivity index (χ1) is 12.3. The van der Waals surface area contributed by atoms with Crippen LogP contribution in [-0.4, -0.2) is 0 Å². The molecule has 0 aliphatic carbocycles. The van der Waals surface area contributed by atoms with Crippen molar-refractivity contribution in [3.05, 3.63) is 128 Å². The summed E-state index contributed by atoms with van der Waals surface area (Å²) in [5.41, 5.74) is 2.14. The summed E-state index contributed by atoms with van der Waals surface area (Å²) < 4.78 is 0. The minimum Gasteiger partial charge on any atom is -0.168 e. The van der Waals surface area contributed by atoms with E-state index in [0.29, 0.717) is 0 Å². The van der Waals surface area contributed by atoms with Gasteiger partial charge >= 0.3 is 28.7 Å². The van der Waals surface area contributed by atoms with Gasteiger partial charge < -0.3 is 0 Å². The minimum atomic E-state index is 1.07. The average molecular weight is 381 g/mol. The summed E-state index contributed by atoms with van der Waals surface area (Å²) in [5, 5.41) is 2.66. The SMILES string of the molecule is [CH2-]c1ccccc1.[CH2-]c1ccccc1.[Cl][Ti+3].c1ccc2[cH-]ccc2c1. The van der Waals surface area contributed by atoms with Crippen LogP contribution < -0.4 is 0 Å². The maximum atomic E-state index is 4.64. The van der Waals surface area contributed by atoms with Gasteiger partial charge in [-0.3, -0.25) is 0 Å². The van der Waals surface area contributed by atoms with Crippen LogP contribution in [0.25, 0.3) is 10.8 Å². The van der Waals surface area contributed by atoms with Crippen LogP contribution in [0.5, 0.6) is 0 Å². The molecule has 0 N–H and O–H groups in total. The van der Waals surface area contributed by atoms with Gasteiger partial charge in [-0.15, -0.1) is 53.9 Å². The molecule has 0 aromatic heterocycles. The molecule has 0 heterocycles. The third-order valence-corrected chi connectivity index (χ3v) is 3.23. The molecule has 0 radical (unpaired) electrons. The molecule has 0 bridgehead atoms. The summed E-state index contributed by atoms with van der Waals surface area (Å²) in [6.07, 6.45) is 0. The third kappa shape index (κ3) is 9.17. The van der Waals surface area contributed by atoms with Gasteiger partial charge in [0.05, 0.1) is 0 Å². The van der Waals surface area contributed by atoms with Crippen LogP contribution in [0.4, 0.5) is 0 Å². The van der Waals surface area contributed by atoms with Crippen molar-refractivity contribution < 1.29 is 19.4 Å². The Morgan fingerprint density at radius 3 is 1.44 bits per heavy atom. The van der Waals surface area contributed by atoms with Crippen molar-refractivity contribution in [1.29, 1.82) is 0 Å². The van der Waals surface area contributed by atoms with E-state index in [9.17, 15) is 0 Å². The number of rotatable bonds is 0. The number of fused-ring (bicyclic) bond motifs is 1. The van der Waals surface area contributed by atoms with E-state index in [4.69, 9.17) is 0 Å². The number of hydrogen-bond acceptors (Lipinski definition) is 0. The minimum absolute atomic E-state index is 1.07. The van der Waals surface area contributed by atoms with Gasteiger partial charge in [0.25, 0.3) is 0 Å². The quantitative estimate of drug-likeness (QED) is 0.228. The Morgan fingerprint density at radius 2 is 1.04 bits per heavy atom. The molecule has 124 valence electrons. The molecule has 25 heavy (non-hydrogen) atoms. The van der Waals surface area contributed by atoms with Crippen LogP contribution in [0, 0.1) is 13.8 Å². The van der Waals surface area contributed by atoms with Gasteiger partial charge in [-0.1, -0.05) is 18.2 Å². The van der Waals surface area contributed by atoms with Gasteiger partial charge in [-0.25, -0.2) is 0 Å². The fourth-order valence-electron chi connectivity index (χ4n) is 2.03. The fourth-order valence-corrected chi connectivity index (χ4v) is 2.03. The van der Waals surface area contributed by atoms with Crippen LogP contribution in [0.3, 0.4) is 0 Å². The Kier molecular flexibility index (Phi) is 11.2.